The molecule has 0 aromatic heterocycles. The molecule has 0 bridgehead atoms. The molecule has 1 spiro atoms. The number of piperidine rings is 2. The molecule has 27 heavy (non-hydrogen) atoms. The highest BCUT2D eigenvalue weighted by Gasteiger charge is 2.45. The lowest BCUT2D eigenvalue weighted by Crippen LogP contribution is -2.54. The summed E-state index contributed by atoms with van der Waals surface area (Å²) < 4.78 is 5.03. The van der Waals surface area contributed by atoms with E-state index in [1.54, 1.807) is 7.11 Å². The van der Waals surface area contributed by atoms with Crippen molar-refractivity contribution in [3.05, 3.63) is 35.4 Å². The maximum Gasteiger partial charge on any atom is 0.224 e. The zero-order valence-electron chi connectivity index (χ0n) is 16.8. The van der Waals surface area contributed by atoms with Crippen molar-refractivity contribution in [3.8, 4) is 0 Å². The minimum absolute atomic E-state index is 0.155. The van der Waals surface area contributed by atoms with Crippen molar-refractivity contribution in [3.63, 3.8) is 0 Å². The van der Waals surface area contributed by atoms with Gasteiger partial charge in [0.2, 0.25) is 5.91 Å². The van der Waals surface area contributed by atoms with E-state index in [1.807, 2.05) is 4.90 Å². The smallest absolute Gasteiger partial charge is 0.224 e. The van der Waals surface area contributed by atoms with Gasteiger partial charge in [0.05, 0.1) is 13.0 Å². The fraction of sp³-hybridized carbons (Fsp3) is 0.682. The molecule has 3 rings (SSSR count). The Morgan fingerprint density at radius 2 is 2.00 bits per heavy atom. The van der Waals surface area contributed by atoms with Gasteiger partial charge < -0.3 is 14.7 Å². The van der Waals surface area contributed by atoms with Crippen LogP contribution in [-0.2, 0) is 16.1 Å². The number of hydrogen-bond acceptors (Lipinski definition) is 4. The van der Waals surface area contributed by atoms with Gasteiger partial charge >= 0.3 is 0 Å². The number of nitrogens with zero attached hydrogens (tertiary/aromatic N) is 2. The summed E-state index contributed by atoms with van der Waals surface area (Å²) >= 11 is 0. The van der Waals surface area contributed by atoms with Crippen LogP contribution in [0, 0.1) is 18.3 Å². The van der Waals surface area contributed by atoms with Crippen molar-refractivity contribution < 1.29 is 14.6 Å². The van der Waals surface area contributed by atoms with Crippen molar-refractivity contribution in [2.45, 2.75) is 39.2 Å². The molecule has 2 heterocycles. The molecule has 0 radical (unpaired) electrons. The summed E-state index contributed by atoms with van der Waals surface area (Å²) in [6.07, 6.45) is 3.68. The van der Waals surface area contributed by atoms with Crippen LogP contribution < -0.4 is 0 Å². The number of carbonyl (C=O) groups is 1. The van der Waals surface area contributed by atoms with Crippen LogP contribution in [0.25, 0.3) is 0 Å². The maximum atomic E-state index is 12.3. The number of aliphatic hydroxyl groups excluding tert-OH is 1. The van der Waals surface area contributed by atoms with Crippen molar-refractivity contribution in [2.24, 2.45) is 11.3 Å². The van der Waals surface area contributed by atoms with E-state index in [9.17, 15) is 9.90 Å². The molecule has 1 aromatic carbocycles. The van der Waals surface area contributed by atoms with E-state index in [0.29, 0.717) is 19.6 Å². The first-order valence-electron chi connectivity index (χ1n) is 10.2. The Morgan fingerprint density at radius 3 is 2.67 bits per heavy atom. The van der Waals surface area contributed by atoms with Crippen LogP contribution in [0.3, 0.4) is 0 Å². The number of aryl methyl sites for hydroxylation is 1. The lowest BCUT2D eigenvalue weighted by atomic mass is 9.64. The lowest BCUT2D eigenvalue weighted by Gasteiger charge is -2.51. The van der Waals surface area contributed by atoms with E-state index < -0.39 is 0 Å². The summed E-state index contributed by atoms with van der Waals surface area (Å²) in [7, 11) is 1.62. The van der Waals surface area contributed by atoms with Gasteiger partial charge in [-0.25, -0.2) is 0 Å². The average Bonchev–Trinajstić information content (AvgIpc) is 2.68. The number of methoxy groups -OCH3 is 1. The maximum absolute atomic E-state index is 12.3. The summed E-state index contributed by atoms with van der Waals surface area (Å²) in [6.45, 7) is 7.44. The number of rotatable bonds is 6. The van der Waals surface area contributed by atoms with Crippen molar-refractivity contribution >= 4 is 5.91 Å². The second-order valence-corrected chi connectivity index (χ2v) is 8.34. The number of hydrogen-bond donors (Lipinski definition) is 1. The van der Waals surface area contributed by atoms with Crippen LogP contribution in [-0.4, -0.2) is 67.3 Å². The first-order valence-corrected chi connectivity index (χ1v) is 10.2. The van der Waals surface area contributed by atoms with E-state index in [0.717, 1.165) is 45.4 Å². The predicted molar refractivity (Wildman–Crippen MR) is 106 cm³/mol. The standard InChI is InChI=1S/C22H34N2O3/c1-18-4-3-5-19(14-18)15-23-10-7-22(8-11-23)9-12-24(16-20(22)17-25)21(26)6-13-27-2/h3-5,14,20,25H,6-13,15-17H2,1-2H3. The van der Waals surface area contributed by atoms with Crippen LogP contribution in [0.4, 0.5) is 0 Å². The van der Waals surface area contributed by atoms with Crippen molar-refractivity contribution in [2.75, 3.05) is 46.5 Å². The number of amides is 1. The van der Waals surface area contributed by atoms with Gasteiger partial charge in [0, 0.05) is 39.3 Å². The number of likely N-dealkylation sites (tertiary alicyclic amines) is 2. The summed E-state index contributed by atoms with van der Waals surface area (Å²) in [6, 6.07) is 8.75. The number of aliphatic hydroxyl groups is 1. The first kappa shape index (κ1) is 20.3. The zero-order valence-corrected chi connectivity index (χ0v) is 16.8. The molecule has 0 saturated carbocycles. The molecule has 150 valence electrons. The Hall–Kier alpha value is -1.43. The second-order valence-electron chi connectivity index (χ2n) is 8.34. The van der Waals surface area contributed by atoms with Crippen LogP contribution in [0.1, 0.15) is 36.8 Å². The third-order valence-electron chi connectivity index (χ3n) is 6.62. The summed E-state index contributed by atoms with van der Waals surface area (Å²) in [5.74, 6) is 0.348. The Labute approximate surface area is 163 Å². The lowest BCUT2D eigenvalue weighted by molar-refractivity contribution is -0.139. The van der Waals surface area contributed by atoms with Gasteiger partial charge in [0.15, 0.2) is 0 Å². The minimum atomic E-state index is 0.155. The molecule has 5 heteroatoms. The van der Waals surface area contributed by atoms with Gasteiger partial charge in [-0.15, -0.1) is 0 Å². The fourth-order valence-corrected chi connectivity index (χ4v) is 4.82. The molecular weight excluding hydrogens is 340 g/mol. The van der Waals surface area contributed by atoms with E-state index in [2.05, 4.69) is 36.1 Å². The predicted octanol–water partition coefficient (Wildman–Crippen LogP) is 2.45. The molecule has 5 nitrogen and oxygen atoms in total. The largest absolute Gasteiger partial charge is 0.396 e. The van der Waals surface area contributed by atoms with E-state index >= 15 is 0 Å². The average molecular weight is 375 g/mol. The van der Waals surface area contributed by atoms with Crippen LogP contribution in [0.5, 0.6) is 0 Å². The third kappa shape index (κ3) is 4.89. The molecule has 1 N–H and O–H groups in total. The monoisotopic (exact) mass is 374 g/mol. The molecule has 2 saturated heterocycles. The van der Waals surface area contributed by atoms with Crippen LogP contribution in [0.15, 0.2) is 24.3 Å². The molecule has 2 aliphatic heterocycles. The summed E-state index contributed by atoms with van der Waals surface area (Å²) in [5, 5.41) is 10.0. The number of benzene rings is 1. The normalized spacial score (nSPS) is 22.9. The molecule has 1 atom stereocenters. The minimum Gasteiger partial charge on any atom is -0.396 e. The van der Waals surface area contributed by atoms with Crippen molar-refractivity contribution in [1.82, 2.24) is 9.80 Å². The second kappa shape index (κ2) is 9.18. The van der Waals surface area contributed by atoms with Gasteiger partial charge in [-0.3, -0.25) is 9.69 Å². The topological polar surface area (TPSA) is 53.0 Å². The van der Waals surface area contributed by atoms with Gasteiger partial charge in [-0.2, -0.15) is 0 Å². The number of ether oxygens (including phenoxy) is 1. The van der Waals surface area contributed by atoms with E-state index in [1.165, 1.54) is 11.1 Å². The van der Waals surface area contributed by atoms with Crippen molar-refractivity contribution in [1.29, 1.82) is 0 Å². The highest BCUT2D eigenvalue weighted by molar-refractivity contribution is 5.76. The van der Waals surface area contributed by atoms with E-state index in [4.69, 9.17) is 4.74 Å². The van der Waals surface area contributed by atoms with Gasteiger partial charge in [0.25, 0.3) is 0 Å². The molecule has 0 aliphatic carbocycles. The molecule has 1 unspecified atom stereocenters. The first-order chi connectivity index (χ1) is 13.1. The Bertz CT molecular complexity index is 626. The van der Waals surface area contributed by atoms with Gasteiger partial charge in [-0.05, 0) is 50.3 Å². The Morgan fingerprint density at radius 1 is 1.26 bits per heavy atom. The summed E-state index contributed by atoms with van der Waals surface area (Å²) in [4.78, 5) is 16.8. The van der Waals surface area contributed by atoms with E-state index in [-0.39, 0.29) is 23.8 Å². The SMILES string of the molecule is COCCC(=O)N1CCC2(CCN(Cc3cccc(C)c3)CC2)C(CO)C1. The molecule has 1 amide bonds. The zero-order chi connectivity index (χ0) is 19.3. The highest BCUT2D eigenvalue weighted by Crippen LogP contribution is 2.45. The molecule has 1 aromatic rings. The number of carbonyl (C=O) groups excluding carboxylic acids is 1. The molecular formula is C22H34N2O3. The Balaban J connectivity index is 1.55. The Kier molecular flexibility index (Phi) is 6.90. The van der Waals surface area contributed by atoms with Gasteiger partial charge in [0.1, 0.15) is 0 Å². The van der Waals surface area contributed by atoms with Crippen LogP contribution >= 0.6 is 0 Å². The molecule has 2 fully saturated rings. The third-order valence-corrected chi connectivity index (χ3v) is 6.62. The summed E-state index contributed by atoms with van der Waals surface area (Å²) in [5.41, 5.74) is 2.88. The highest BCUT2D eigenvalue weighted by atomic mass is 16.5. The quantitative estimate of drug-likeness (QED) is 0.831. The fourth-order valence-electron chi connectivity index (χ4n) is 4.82. The van der Waals surface area contributed by atoms with Gasteiger partial charge in [-0.1, -0.05) is 29.8 Å². The molecule has 2 aliphatic rings. The van der Waals surface area contributed by atoms with Crippen LogP contribution in [0.2, 0.25) is 0 Å².